The van der Waals surface area contributed by atoms with Crippen LogP contribution in [-0.4, -0.2) is 18.4 Å². The Morgan fingerprint density at radius 3 is 2.55 bits per heavy atom. The molecule has 120 valence electrons. The molecule has 1 aromatic carbocycles. The molecule has 0 bridgehead atoms. The van der Waals surface area contributed by atoms with Crippen molar-refractivity contribution in [2.45, 2.75) is 46.8 Å². The van der Waals surface area contributed by atoms with Crippen LogP contribution in [0, 0.1) is 5.41 Å². The van der Waals surface area contributed by atoms with Gasteiger partial charge in [0.15, 0.2) is 0 Å². The van der Waals surface area contributed by atoms with Crippen LogP contribution >= 0.6 is 0 Å². The standard InChI is InChI=1S/C17H25N3O2/c1-17(2,3)7-15(21)20-11-16(22)19-8-12-4-5-13-9-18-10-14(13)6-12/h4-6,18H,7-11H2,1-3H3,(H,19,22)(H,20,21). The molecule has 0 fully saturated rings. The van der Waals surface area contributed by atoms with Crippen LogP contribution in [0.3, 0.4) is 0 Å². The van der Waals surface area contributed by atoms with Gasteiger partial charge >= 0.3 is 0 Å². The van der Waals surface area contributed by atoms with Crippen LogP contribution in [0.5, 0.6) is 0 Å². The van der Waals surface area contributed by atoms with Gasteiger partial charge in [-0.3, -0.25) is 9.59 Å². The fourth-order valence-corrected chi connectivity index (χ4v) is 2.44. The second-order valence-corrected chi connectivity index (χ2v) is 7.00. The third-order valence-electron chi connectivity index (χ3n) is 3.53. The fraction of sp³-hybridized carbons (Fsp3) is 0.529. The van der Waals surface area contributed by atoms with E-state index in [1.54, 1.807) is 0 Å². The third-order valence-corrected chi connectivity index (χ3v) is 3.53. The summed E-state index contributed by atoms with van der Waals surface area (Å²) in [5, 5.41) is 8.79. The summed E-state index contributed by atoms with van der Waals surface area (Å²) in [6.07, 6.45) is 0.415. The lowest BCUT2D eigenvalue weighted by atomic mass is 9.92. The predicted molar refractivity (Wildman–Crippen MR) is 85.9 cm³/mol. The summed E-state index contributed by atoms with van der Waals surface area (Å²) in [6, 6.07) is 6.25. The molecule has 2 amide bonds. The van der Waals surface area contributed by atoms with E-state index in [0.29, 0.717) is 13.0 Å². The number of benzene rings is 1. The van der Waals surface area contributed by atoms with E-state index in [2.05, 4.69) is 28.1 Å². The third kappa shape index (κ3) is 5.15. The summed E-state index contributed by atoms with van der Waals surface area (Å²) in [5.74, 6) is -0.257. The number of amides is 2. The first kappa shape index (κ1) is 16.5. The highest BCUT2D eigenvalue weighted by Gasteiger charge is 2.16. The van der Waals surface area contributed by atoms with Crippen LogP contribution < -0.4 is 16.0 Å². The number of rotatable bonds is 5. The van der Waals surface area contributed by atoms with E-state index in [1.165, 1.54) is 11.1 Å². The minimum atomic E-state index is -0.166. The van der Waals surface area contributed by atoms with E-state index in [9.17, 15) is 9.59 Å². The van der Waals surface area contributed by atoms with Crippen LogP contribution in [0.25, 0.3) is 0 Å². The van der Waals surface area contributed by atoms with Crippen molar-refractivity contribution in [1.82, 2.24) is 16.0 Å². The summed E-state index contributed by atoms with van der Waals surface area (Å²) in [4.78, 5) is 23.4. The van der Waals surface area contributed by atoms with E-state index in [0.717, 1.165) is 18.7 Å². The number of nitrogens with one attached hydrogen (secondary N) is 3. The average Bonchev–Trinajstić information content (AvgIpc) is 2.88. The Labute approximate surface area is 131 Å². The zero-order chi connectivity index (χ0) is 16.2. The molecule has 1 aromatic rings. The molecular weight excluding hydrogens is 278 g/mol. The van der Waals surface area contributed by atoms with Gasteiger partial charge < -0.3 is 16.0 Å². The number of carbonyl (C=O) groups is 2. The Hall–Kier alpha value is -1.88. The van der Waals surface area contributed by atoms with Crippen molar-refractivity contribution < 1.29 is 9.59 Å². The predicted octanol–water partition coefficient (Wildman–Crippen LogP) is 1.46. The van der Waals surface area contributed by atoms with Gasteiger partial charge in [0.2, 0.25) is 11.8 Å². The molecule has 5 heteroatoms. The first-order chi connectivity index (χ1) is 10.3. The zero-order valence-corrected chi connectivity index (χ0v) is 13.6. The van der Waals surface area contributed by atoms with Gasteiger partial charge in [0.1, 0.15) is 0 Å². The Morgan fingerprint density at radius 2 is 1.82 bits per heavy atom. The van der Waals surface area contributed by atoms with Gasteiger partial charge in [0, 0.05) is 26.1 Å². The SMILES string of the molecule is CC(C)(C)CC(=O)NCC(=O)NCc1ccc2c(c1)CNC2. The molecule has 3 N–H and O–H groups in total. The molecular formula is C17H25N3O2. The van der Waals surface area contributed by atoms with Crippen molar-refractivity contribution in [3.8, 4) is 0 Å². The molecule has 2 rings (SSSR count). The van der Waals surface area contributed by atoms with Gasteiger partial charge in [-0.2, -0.15) is 0 Å². The highest BCUT2D eigenvalue weighted by Crippen LogP contribution is 2.18. The molecule has 0 saturated heterocycles. The van der Waals surface area contributed by atoms with Gasteiger partial charge in [-0.1, -0.05) is 39.0 Å². The molecule has 0 spiro atoms. The molecule has 1 aliphatic rings. The normalized spacial score (nSPS) is 13.6. The maximum atomic E-state index is 11.8. The second-order valence-electron chi connectivity index (χ2n) is 7.00. The fourth-order valence-electron chi connectivity index (χ4n) is 2.44. The Morgan fingerprint density at radius 1 is 1.09 bits per heavy atom. The number of carbonyl (C=O) groups excluding carboxylic acids is 2. The number of hydrogen-bond acceptors (Lipinski definition) is 3. The molecule has 0 unspecified atom stereocenters. The van der Waals surface area contributed by atoms with Crippen molar-refractivity contribution in [2.75, 3.05) is 6.54 Å². The molecule has 0 aromatic heterocycles. The van der Waals surface area contributed by atoms with Crippen LogP contribution in [-0.2, 0) is 29.2 Å². The van der Waals surface area contributed by atoms with Crippen molar-refractivity contribution in [2.24, 2.45) is 5.41 Å². The lowest BCUT2D eigenvalue weighted by molar-refractivity contribution is -0.127. The topological polar surface area (TPSA) is 70.2 Å². The minimum Gasteiger partial charge on any atom is -0.350 e. The summed E-state index contributed by atoms with van der Waals surface area (Å²) in [6.45, 7) is 8.31. The van der Waals surface area contributed by atoms with E-state index in [4.69, 9.17) is 0 Å². The zero-order valence-electron chi connectivity index (χ0n) is 13.6. The van der Waals surface area contributed by atoms with Gasteiger partial charge in [-0.15, -0.1) is 0 Å². The Bertz CT molecular complexity index is 562. The van der Waals surface area contributed by atoms with Gasteiger partial charge in [0.25, 0.3) is 0 Å². The Balaban J connectivity index is 1.73. The molecule has 5 nitrogen and oxygen atoms in total. The maximum absolute atomic E-state index is 11.8. The van der Waals surface area contributed by atoms with Crippen LogP contribution in [0.4, 0.5) is 0 Å². The summed E-state index contributed by atoms with van der Waals surface area (Å²) in [7, 11) is 0. The first-order valence-electron chi connectivity index (χ1n) is 7.68. The van der Waals surface area contributed by atoms with Crippen LogP contribution in [0.1, 0.15) is 43.9 Å². The van der Waals surface area contributed by atoms with Crippen molar-refractivity contribution in [1.29, 1.82) is 0 Å². The molecule has 0 radical (unpaired) electrons. The summed E-state index contributed by atoms with van der Waals surface area (Å²) < 4.78 is 0. The quantitative estimate of drug-likeness (QED) is 0.771. The van der Waals surface area contributed by atoms with E-state index in [-0.39, 0.29) is 23.8 Å². The van der Waals surface area contributed by atoms with E-state index < -0.39 is 0 Å². The highest BCUT2D eigenvalue weighted by molar-refractivity contribution is 5.84. The number of hydrogen-bond donors (Lipinski definition) is 3. The maximum Gasteiger partial charge on any atom is 0.239 e. The lowest BCUT2D eigenvalue weighted by Crippen LogP contribution is -2.37. The molecule has 0 saturated carbocycles. The summed E-state index contributed by atoms with van der Waals surface area (Å²) in [5.41, 5.74) is 3.63. The van der Waals surface area contributed by atoms with Gasteiger partial charge in [-0.25, -0.2) is 0 Å². The molecule has 1 heterocycles. The largest absolute Gasteiger partial charge is 0.350 e. The number of fused-ring (bicyclic) bond motifs is 1. The van der Waals surface area contributed by atoms with Crippen LogP contribution in [0.15, 0.2) is 18.2 Å². The average molecular weight is 303 g/mol. The van der Waals surface area contributed by atoms with Crippen molar-refractivity contribution in [3.63, 3.8) is 0 Å². The first-order valence-corrected chi connectivity index (χ1v) is 7.68. The molecule has 1 aliphatic heterocycles. The second kappa shape index (κ2) is 6.92. The van der Waals surface area contributed by atoms with E-state index >= 15 is 0 Å². The van der Waals surface area contributed by atoms with Gasteiger partial charge in [-0.05, 0) is 22.1 Å². The lowest BCUT2D eigenvalue weighted by Gasteiger charge is -2.17. The minimum absolute atomic E-state index is 0.0292. The molecule has 0 aliphatic carbocycles. The molecule has 0 atom stereocenters. The Kier molecular flexibility index (Phi) is 5.19. The van der Waals surface area contributed by atoms with Crippen LogP contribution in [0.2, 0.25) is 0 Å². The van der Waals surface area contributed by atoms with E-state index in [1.807, 2.05) is 26.8 Å². The monoisotopic (exact) mass is 303 g/mol. The summed E-state index contributed by atoms with van der Waals surface area (Å²) >= 11 is 0. The smallest absolute Gasteiger partial charge is 0.239 e. The molecule has 22 heavy (non-hydrogen) atoms. The highest BCUT2D eigenvalue weighted by atomic mass is 16.2. The van der Waals surface area contributed by atoms with Crippen molar-refractivity contribution >= 4 is 11.8 Å². The van der Waals surface area contributed by atoms with Crippen molar-refractivity contribution in [3.05, 3.63) is 34.9 Å². The van der Waals surface area contributed by atoms with Gasteiger partial charge in [0.05, 0.1) is 6.54 Å².